The summed E-state index contributed by atoms with van der Waals surface area (Å²) in [6, 6.07) is 9.67. The van der Waals surface area contributed by atoms with Crippen molar-refractivity contribution >= 4 is 22.8 Å². The number of aromatic amines is 1. The molecule has 7 nitrogen and oxygen atoms in total. The molecule has 3 heterocycles. The quantitative estimate of drug-likeness (QED) is 0.720. The predicted octanol–water partition coefficient (Wildman–Crippen LogP) is 2.76. The van der Waals surface area contributed by atoms with Gasteiger partial charge in [0.2, 0.25) is 0 Å². The number of amides is 1. The van der Waals surface area contributed by atoms with Crippen molar-refractivity contribution in [1.29, 1.82) is 0 Å². The van der Waals surface area contributed by atoms with Crippen molar-refractivity contribution in [3.05, 3.63) is 53.0 Å². The van der Waals surface area contributed by atoms with E-state index in [1.165, 1.54) is 0 Å². The van der Waals surface area contributed by atoms with E-state index in [4.69, 9.17) is 4.74 Å². The van der Waals surface area contributed by atoms with E-state index in [-0.39, 0.29) is 5.91 Å². The second-order valence-electron chi connectivity index (χ2n) is 6.56. The van der Waals surface area contributed by atoms with Crippen molar-refractivity contribution in [3.63, 3.8) is 0 Å². The Bertz CT molecular complexity index is 985. The Morgan fingerprint density at radius 2 is 2.07 bits per heavy atom. The van der Waals surface area contributed by atoms with Gasteiger partial charge in [-0.05, 0) is 26.0 Å². The molecule has 0 radical (unpaired) electrons. The third-order valence-corrected chi connectivity index (χ3v) is 4.95. The molecule has 7 heteroatoms. The molecule has 1 N–H and O–H groups in total. The van der Waals surface area contributed by atoms with Crippen LogP contribution in [0.1, 0.15) is 46.1 Å². The van der Waals surface area contributed by atoms with Crippen LogP contribution in [0.15, 0.2) is 30.3 Å². The minimum Gasteiger partial charge on any atom is -0.461 e. The monoisotopic (exact) mass is 366 g/mol. The second kappa shape index (κ2) is 6.90. The van der Waals surface area contributed by atoms with Crippen LogP contribution in [0.2, 0.25) is 0 Å². The van der Waals surface area contributed by atoms with E-state index in [1.54, 1.807) is 11.8 Å². The van der Waals surface area contributed by atoms with E-state index in [9.17, 15) is 9.59 Å². The molecule has 3 aromatic rings. The van der Waals surface area contributed by atoms with Crippen molar-refractivity contribution in [3.8, 4) is 0 Å². The number of fused-ring (bicyclic) bond motifs is 2. The summed E-state index contributed by atoms with van der Waals surface area (Å²) in [5.74, 6) is -0.503. The molecule has 0 spiro atoms. The Labute approximate surface area is 156 Å². The van der Waals surface area contributed by atoms with Gasteiger partial charge < -0.3 is 14.6 Å². The molecule has 27 heavy (non-hydrogen) atoms. The zero-order chi connectivity index (χ0) is 19.0. The van der Waals surface area contributed by atoms with E-state index in [2.05, 4.69) is 10.1 Å². The minimum absolute atomic E-state index is 0.0732. The molecule has 0 saturated carbocycles. The van der Waals surface area contributed by atoms with Gasteiger partial charge in [-0.1, -0.05) is 18.2 Å². The largest absolute Gasteiger partial charge is 0.461 e. The van der Waals surface area contributed by atoms with Gasteiger partial charge in [0, 0.05) is 41.7 Å². The molecule has 1 aromatic carbocycles. The molecule has 0 unspecified atom stereocenters. The zero-order valence-corrected chi connectivity index (χ0v) is 15.5. The number of nitrogens with one attached hydrogen (secondary N) is 1. The summed E-state index contributed by atoms with van der Waals surface area (Å²) < 4.78 is 6.99. The summed E-state index contributed by atoms with van der Waals surface area (Å²) in [5.41, 5.74) is 3.62. The Morgan fingerprint density at radius 3 is 2.81 bits per heavy atom. The number of aryl methyl sites for hydroxylation is 1. The SMILES string of the molecule is CCOC(=O)c1nn(CC)c2c1CN(C(=O)c1cc3ccccc3[nH]1)CC2. The first-order valence-corrected chi connectivity index (χ1v) is 9.25. The van der Waals surface area contributed by atoms with E-state index in [1.807, 2.05) is 41.9 Å². The van der Waals surface area contributed by atoms with Gasteiger partial charge in [0.1, 0.15) is 5.69 Å². The van der Waals surface area contributed by atoms with Gasteiger partial charge in [0.25, 0.3) is 5.91 Å². The third-order valence-electron chi connectivity index (χ3n) is 4.95. The zero-order valence-electron chi connectivity index (χ0n) is 15.5. The van der Waals surface area contributed by atoms with Gasteiger partial charge >= 0.3 is 5.97 Å². The fourth-order valence-corrected chi connectivity index (χ4v) is 3.65. The molecular weight excluding hydrogens is 344 g/mol. The molecule has 1 amide bonds. The number of carbonyl (C=O) groups excluding carboxylic acids is 2. The lowest BCUT2D eigenvalue weighted by Crippen LogP contribution is -2.37. The van der Waals surface area contributed by atoms with E-state index < -0.39 is 5.97 Å². The lowest BCUT2D eigenvalue weighted by atomic mass is 10.0. The number of ether oxygens (including phenoxy) is 1. The van der Waals surface area contributed by atoms with Crippen molar-refractivity contribution in [2.24, 2.45) is 0 Å². The number of hydrogen-bond donors (Lipinski definition) is 1. The third kappa shape index (κ3) is 2.99. The Hall–Kier alpha value is -3.09. The first-order chi connectivity index (χ1) is 13.1. The molecule has 0 atom stereocenters. The fourth-order valence-electron chi connectivity index (χ4n) is 3.65. The Balaban J connectivity index is 1.64. The minimum atomic E-state index is -0.430. The summed E-state index contributed by atoms with van der Waals surface area (Å²) in [6.07, 6.45) is 0.668. The van der Waals surface area contributed by atoms with Crippen molar-refractivity contribution < 1.29 is 14.3 Å². The van der Waals surface area contributed by atoms with Crippen LogP contribution >= 0.6 is 0 Å². The lowest BCUT2D eigenvalue weighted by Gasteiger charge is -2.27. The molecule has 0 saturated heterocycles. The van der Waals surface area contributed by atoms with Crippen LogP contribution in [-0.2, 0) is 24.2 Å². The standard InChI is InChI=1S/C20H22N4O3/c1-3-24-17-9-10-23(12-14(17)18(22-24)20(26)27-4-2)19(25)16-11-13-7-5-6-8-15(13)21-16/h5-8,11,21H,3-4,9-10,12H2,1-2H3. The maximum atomic E-state index is 13.0. The lowest BCUT2D eigenvalue weighted by molar-refractivity contribution is 0.0513. The number of para-hydroxylation sites is 1. The molecule has 2 aromatic heterocycles. The van der Waals surface area contributed by atoms with Gasteiger partial charge in [-0.25, -0.2) is 4.79 Å². The topological polar surface area (TPSA) is 80.2 Å². The number of esters is 1. The number of H-pyrrole nitrogens is 1. The van der Waals surface area contributed by atoms with Crippen LogP contribution < -0.4 is 0 Å². The number of aromatic nitrogens is 3. The van der Waals surface area contributed by atoms with Crippen LogP contribution in [0.4, 0.5) is 0 Å². The summed E-state index contributed by atoms with van der Waals surface area (Å²) in [7, 11) is 0. The van der Waals surface area contributed by atoms with Crippen molar-refractivity contribution in [2.75, 3.05) is 13.2 Å². The molecular formula is C20H22N4O3. The summed E-state index contributed by atoms with van der Waals surface area (Å²) in [4.78, 5) is 30.3. The molecule has 1 aliphatic rings. The molecule has 140 valence electrons. The van der Waals surface area contributed by atoms with Gasteiger partial charge in [0.15, 0.2) is 5.69 Å². The molecule has 0 fully saturated rings. The number of hydrogen-bond acceptors (Lipinski definition) is 4. The van der Waals surface area contributed by atoms with Gasteiger partial charge in [-0.3, -0.25) is 9.48 Å². The van der Waals surface area contributed by atoms with Gasteiger partial charge in [-0.2, -0.15) is 5.10 Å². The average Bonchev–Trinajstić information content (AvgIpc) is 3.28. The predicted molar refractivity (Wildman–Crippen MR) is 101 cm³/mol. The van der Waals surface area contributed by atoms with Crippen LogP contribution in [0, 0.1) is 0 Å². The fraction of sp³-hybridized carbons (Fsp3) is 0.350. The normalized spacial score (nSPS) is 13.6. The molecule has 1 aliphatic heterocycles. The first-order valence-electron chi connectivity index (χ1n) is 9.25. The van der Waals surface area contributed by atoms with Crippen LogP contribution in [-0.4, -0.2) is 44.7 Å². The van der Waals surface area contributed by atoms with Crippen LogP contribution in [0.25, 0.3) is 10.9 Å². The smallest absolute Gasteiger partial charge is 0.359 e. The highest BCUT2D eigenvalue weighted by Crippen LogP contribution is 2.25. The van der Waals surface area contributed by atoms with E-state index in [0.717, 1.165) is 22.2 Å². The highest BCUT2D eigenvalue weighted by Gasteiger charge is 2.31. The number of nitrogens with zero attached hydrogens (tertiary/aromatic N) is 3. The van der Waals surface area contributed by atoms with E-state index >= 15 is 0 Å². The number of carbonyl (C=O) groups is 2. The number of rotatable bonds is 4. The summed E-state index contributed by atoms with van der Waals surface area (Å²) in [5, 5.41) is 5.43. The van der Waals surface area contributed by atoms with Crippen LogP contribution in [0.3, 0.4) is 0 Å². The maximum absolute atomic E-state index is 13.0. The highest BCUT2D eigenvalue weighted by atomic mass is 16.5. The number of benzene rings is 1. The van der Waals surface area contributed by atoms with E-state index in [0.29, 0.717) is 44.0 Å². The second-order valence-corrected chi connectivity index (χ2v) is 6.56. The highest BCUT2D eigenvalue weighted by molar-refractivity contribution is 5.98. The van der Waals surface area contributed by atoms with Crippen molar-refractivity contribution in [2.45, 2.75) is 33.4 Å². The first kappa shape index (κ1) is 17.3. The van der Waals surface area contributed by atoms with Gasteiger partial charge in [0.05, 0.1) is 13.2 Å². The van der Waals surface area contributed by atoms with Crippen molar-refractivity contribution in [1.82, 2.24) is 19.7 Å². The van der Waals surface area contributed by atoms with Crippen LogP contribution in [0.5, 0.6) is 0 Å². The Kier molecular flexibility index (Phi) is 4.43. The molecule has 4 rings (SSSR count). The summed E-state index contributed by atoms with van der Waals surface area (Å²) in [6.45, 7) is 5.69. The molecule has 0 bridgehead atoms. The van der Waals surface area contributed by atoms with Gasteiger partial charge in [-0.15, -0.1) is 0 Å². The Morgan fingerprint density at radius 1 is 1.26 bits per heavy atom. The summed E-state index contributed by atoms with van der Waals surface area (Å²) >= 11 is 0. The molecule has 0 aliphatic carbocycles. The maximum Gasteiger partial charge on any atom is 0.359 e. The average molecular weight is 366 g/mol.